The summed E-state index contributed by atoms with van der Waals surface area (Å²) in [6.07, 6.45) is 4.66. The molecule has 1 fully saturated rings. The zero-order chi connectivity index (χ0) is 15.4. The zero-order valence-electron chi connectivity index (χ0n) is 12.5. The molecule has 0 atom stereocenters. The smallest absolute Gasteiger partial charge is 0.238 e. The molecule has 1 amide bonds. The second kappa shape index (κ2) is 6.98. The Balaban J connectivity index is 1.96. The van der Waals surface area contributed by atoms with E-state index in [4.69, 9.17) is 0 Å². The van der Waals surface area contributed by atoms with E-state index in [0.717, 1.165) is 25.0 Å². The van der Waals surface area contributed by atoms with Crippen LogP contribution in [0.3, 0.4) is 0 Å². The number of halogens is 2. The molecule has 3 nitrogen and oxygen atoms in total. The fourth-order valence-electron chi connectivity index (χ4n) is 2.91. The third-order valence-corrected chi connectivity index (χ3v) is 3.99. The van der Waals surface area contributed by atoms with E-state index < -0.39 is 11.6 Å². The van der Waals surface area contributed by atoms with Crippen LogP contribution in [0.25, 0.3) is 0 Å². The number of amides is 1. The quantitative estimate of drug-likeness (QED) is 0.901. The van der Waals surface area contributed by atoms with Crippen molar-refractivity contribution in [1.82, 2.24) is 4.90 Å². The molecule has 1 N–H and O–H groups in total. The molecule has 2 rings (SSSR count). The number of benzene rings is 1. The molecule has 0 aliphatic heterocycles. The molecule has 116 valence electrons. The molecule has 1 aliphatic carbocycles. The van der Waals surface area contributed by atoms with Crippen LogP contribution < -0.4 is 5.32 Å². The van der Waals surface area contributed by atoms with Crippen molar-refractivity contribution < 1.29 is 13.6 Å². The van der Waals surface area contributed by atoms with Gasteiger partial charge in [-0.1, -0.05) is 12.8 Å². The van der Waals surface area contributed by atoms with Gasteiger partial charge >= 0.3 is 0 Å². The van der Waals surface area contributed by atoms with Crippen LogP contribution in [-0.4, -0.2) is 29.4 Å². The van der Waals surface area contributed by atoms with Crippen LogP contribution in [0.15, 0.2) is 18.2 Å². The van der Waals surface area contributed by atoms with Gasteiger partial charge in [0.15, 0.2) is 11.6 Å². The Labute approximate surface area is 124 Å². The average Bonchev–Trinajstić information content (AvgIpc) is 2.93. The number of nitrogens with zero attached hydrogens (tertiary/aromatic N) is 1. The van der Waals surface area contributed by atoms with Crippen LogP contribution in [0.1, 0.15) is 39.5 Å². The molecule has 0 bridgehead atoms. The maximum Gasteiger partial charge on any atom is 0.238 e. The second-order valence-electron chi connectivity index (χ2n) is 5.88. The summed E-state index contributed by atoms with van der Waals surface area (Å²) in [5.41, 5.74) is 0.286. The van der Waals surface area contributed by atoms with Crippen LogP contribution in [-0.2, 0) is 4.79 Å². The largest absolute Gasteiger partial charge is 0.325 e. The maximum absolute atomic E-state index is 13.1. The van der Waals surface area contributed by atoms with Gasteiger partial charge in [-0.05, 0) is 38.8 Å². The van der Waals surface area contributed by atoms with Crippen molar-refractivity contribution in [2.75, 3.05) is 11.9 Å². The Morgan fingerprint density at radius 3 is 2.52 bits per heavy atom. The molecule has 1 saturated carbocycles. The first kappa shape index (κ1) is 15.9. The van der Waals surface area contributed by atoms with Crippen LogP contribution in [0.5, 0.6) is 0 Å². The number of hydrogen-bond acceptors (Lipinski definition) is 2. The predicted molar refractivity (Wildman–Crippen MR) is 79.1 cm³/mol. The van der Waals surface area contributed by atoms with E-state index in [1.54, 1.807) is 0 Å². The maximum atomic E-state index is 13.1. The number of hydrogen-bond donors (Lipinski definition) is 1. The van der Waals surface area contributed by atoms with Crippen molar-refractivity contribution in [3.05, 3.63) is 29.8 Å². The van der Waals surface area contributed by atoms with E-state index >= 15 is 0 Å². The lowest BCUT2D eigenvalue weighted by molar-refractivity contribution is -0.118. The lowest BCUT2D eigenvalue weighted by Gasteiger charge is -2.31. The van der Waals surface area contributed by atoms with Gasteiger partial charge in [0, 0.05) is 23.8 Å². The van der Waals surface area contributed by atoms with Crippen molar-refractivity contribution in [2.24, 2.45) is 0 Å². The Bertz CT molecular complexity index is 499. The zero-order valence-corrected chi connectivity index (χ0v) is 12.5. The molecular weight excluding hydrogens is 274 g/mol. The minimum Gasteiger partial charge on any atom is -0.325 e. The van der Waals surface area contributed by atoms with E-state index in [9.17, 15) is 13.6 Å². The summed E-state index contributed by atoms with van der Waals surface area (Å²) in [6.45, 7) is 4.42. The van der Waals surface area contributed by atoms with Crippen molar-refractivity contribution in [3.63, 3.8) is 0 Å². The number of rotatable bonds is 5. The fraction of sp³-hybridized carbons (Fsp3) is 0.562. The average molecular weight is 296 g/mol. The molecule has 1 aliphatic rings. The monoisotopic (exact) mass is 296 g/mol. The standard InChI is InChI=1S/C16H22F2N2O/c1-11(2)20(13-5-3-4-6-13)10-16(21)19-12-7-8-14(17)15(18)9-12/h7-9,11,13H,3-6,10H2,1-2H3,(H,19,21). The first-order valence-electron chi connectivity index (χ1n) is 7.48. The topological polar surface area (TPSA) is 32.3 Å². The van der Waals surface area contributed by atoms with E-state index in [1.165, 1.54) is 18.9 Å². The van der Waals surface area contributed by atoms with Gasteiger partial charge in [-0.15, -0.1) is 0 Å². The van der Waals surface area contributed by atoms with Crippen molar-refractivity contribution in [2.45, 2.75) is 51.6 Å². The minimum atomic E-state index is -0.954. The van der Waals surface area contributed by atoms with E-state index in [0.29, 0.717) is 6.04 Å². The number of anilines is 1. The van der Waals surface area contributed by atoms with Crippen molar-refractivity contribution in [1.29, 1.82) is 0 Å². The number of carbonyl (C=O) groups excluding carboxylic acids is 1. The van der Waals surface area contributed by atoms with E-state index in [2.05, 4.69) is 24.1 Å². The summed E-state index contributed by atoms with van der Waals surface area (Å²) >= 11 is 0. The highest BCUT2D eigenvalue weighted by molar-refractivity contribution is 5.92. The van der Waals surface area contributed by atoms with Gasteiger partial charge in [-0.25, -0.2) is 8.78 Å². The Morgan fingerprint density at radius 1 is 1.29 bits per heavy atom. The van der Waals surface area contributed by atoms with Crippen LogP contribution >= 0.6 is 0 Å². The van der Waals surface area contributed by atoms with Crippen molar-refractivity contribution >= 4 is 11.6 Å². The molecule has 0 spiro atoms. The Morgan fingerprint density at radius 2 is 1.95 bits per heavy atom. The molecule has 5 heteroatoms. The van der Waals surface area contributed by atoms with Crippen LogP contribution in [0.2, 0.25) is 0 Å². The second-order valence-corrected chi connectivity index (χ2v) is 5.88. The molecule has 1 aromatic carbocycles. The summed E-state index contributed by atoms with van der Waals surface area (Å²) in [7, 11) is 0. The van der Waals surface area contributed by atoms with Gasteiger partial charge in [0.25, 0.3) is 0 Å². The third kappa shape index (κ3) is 4.24. The molecule has 0 unspecified atom stereocenters. The lowest BCUT2D eigenvalue weighted by Crippen LogP contribution is -2.43. The Hall–Kier alpha value is -1.49. The summed E-state index contributed by atoms with van der Waals surface area (Å²) < 4.78 is 26.0. The molecule has 0 radical (unpaired) electrons. The first-order chi connectivity index (χ1) is 9.97. The molecule has 0 heterocycles. The first-order valence-corrected chi connectivity index (χ1v) is 7.48. The van der Waals surface area contributed by atoms with Gasteiger partial charge in [0.2, 0.25) is 5.91 Å². The van der Waals surface area contributed by atoms with Crippen LogP contribution in [0.4, 0.5) is 14.5 Å². The highest BCUT2D eigenvalue weighted by Crippen LogP contribution is 2.25. The van der Waals surface area contributed by atoms with Crippen molar-refractivity contribution in [3.8, 4) is 0 Å². The normalized spacial score (nSPS) is 15.9. The highest BCUT2D eigenvalue weighted by atomic mass is 19.2. The van der Waals surface area contributed by atoms with E-state index in [-0.39, 0.29) is 24.2 Å². The number of carbonyl (C=O) groups is 1. The highest BCUT2D eigenvalue weighted by Gasteiger charge is 2.26. The van der Waals surface area contributed by atoms with Gasteiger partial charge in [0.1, 0.15) is 0 Å². The summed E-state index contributed by atoms with van der Waals surface area (Å²) in [4.78, 5) is 14.3. The lowest BCUT2D eigenvalue weighted by atomic mass is 10.1. The number of nitrogens with one attached hydrogen (secondary N) is 1. The summed E-state index contributed by atoms with van der Waals surface area (Å²) in [6, 6.07) is 4.11. The molecule has 0 aromatic heterocycles. The summed E-state index contributed by atoms with van der Waals surface area (Å²) in [5.74, 6) is -2.06. The molecular formula is C16H22F2N2O. The SMILES string of the molecule is CC(C)N(CC(=O)Nc1ccc(F)c(F)c1)C1CCCC1. The van der Waals surface area contributed by atoms with Gasteiger partial charge in [-0.2, -0.15) is 0 Å². The summed E-state index contributed by atoms with van der Waals surface area (Å²) in [5, 5.41) is 2.63. The molecule has 0 saturated heterocycles. The van der Waals surface area contributed by atoms with Gasteiger partial charge in [0.05, 0.1) is 6.54 Å². The fourth-order valence-corrected chi connectivity index (χ4v) is 2.91. The minimum absolute atomic E-state index is 0.193. The predicted octanol–water partition coefficient (Wildman–Crippen LogP) is 3.56. The van der Waals surface area contributed by atoms with Gasteiger partial charge < -0.3 is 5.32 Å². The van der Waals surface area contributed by atoms with Crippen LogP contribution in [0, 0.1) is 11.6 Å². The van der Waals surface area contributed by atoms with E-state index in [1.807, 2.05) is 0 Å². The molecule has 1 aromatic rings. The third-order valence-electron chi connectivity index (χ3n) is 3.99. The van der Waals surface area contributed by atoms with Gasteiger partial charge in [-0.3, -0.25) is 9.69 Å². The molecule has 21 heavy (non-hydrogen) atoms. The Kier molecular flexibility index (Phi) is 5.28.